The van der Waals surface area contributed by atoms with Crippen molar-refractivity contribution in [3.8, 4) is 22.8 Å². The van der Waals surface area contributed by atoms with E-state index in [4.69, 9.17) is 11.5 Å². The van der Waals surface area contributed by atoms with Crippen molar-refractivity contribution in [3.63, 3.8) is 0 Å². The van der Waals surface area contributed by atoms with Crippen LogP contribution in [0.2, 0.25) is 0 Å². The highest BCUT2D eigenvalue weighted by Crippen LogP contribution is 2.32. The third-order valence-corrected chi connectivity index (χ3v) is 3.74. The van der Waals surface area contributed by atoms with Gasteiger partial charge in [0.25, 0.3) is 5.91 Å². The summed E-state index contributed by atoms with van der Waals surface area (Å²) in [5.41, 5.74) is 14.6. The zero-order valence-corrected chi connectivity index (χ0v) is 12.7. The lowest BCUT2D eigenvalue weighted by atomic mass is 10.1. The molecule has 0 saturated carbocycles. The van der Waals surface area contributed by atoms with Gasteiger partial charge in [0.2, 0.25) is 0 Å². The molecule has 0 fully saturated rings. The third kappa shape index (κ3) is 2.20. The molecule has 23 heavy (non-hydrogen) atoms. The average Bonchev–Trinajstić information content (AvgIpc) is 3.12. The number of rotatable bonds is 3. The Kier molecular flexibility index (Phi) is 3.29. The van der Waals surface area contributed by atoms with Crippen molar-refractivity contribution in [2.75, 3.05) is 5.73 Å². The van der Waals surface area contributed by atoms with Crippen LogP contribution in [-0.2, 0) is 0 Å². The lowest BCUT2D eigenvalue weighted by Gasteiger charge is -2.12. The minimum Gasteiger partial charge on any atom is -0.508 e. The average molecular weight is 312 g/mol. The van der Waals surface area contributed by atoms with E-state index in [0.29, 0.717) is 22.6 Å². The van der Waals surface area contributed by atoms with Crippen LogP contribution in [0, 0.1) is 13.8 Å². The van der Waals surface area contributed by atoms with Crippen molar-refractivity contribution < 1.29 is 9.90 Å². The Morgan fingerprint density at radius 3 is 2.70 bits per heavy atom. The molecule has 0 radical (unpaired) electrons. The molecule has 0 saturated heterocycles. The summed E-state index contributed by atoms with van der Waals surface area (Å²) >= 11 is 0. The molecule has 2 heterocycles. The highest BCUT2D eigenvalue weighted by atomic mass is 16.3. The fraction of sp³-hybridized carbons (Fsp3) is 0.133. The summed E-state index contributed by atoms with van der Waals surface area (Å²) in [7, 11) is 0. The molecular formula is C15H16N6O2. The number of phenols is 1. The maximum absolute atomic E-state index is 11.8. The first kappa shape index (κ1) is 14.6. The number of primary amides is 1. The van der Waals surface area contributed by atoms with Gasteiger partial charge in [0.05, 0.1) is 23.9 Å². The predicted octanol–water partition coefficient (Wildman–Crippen LogP) is 1.27. The Hall–Kier alpha value is -3.29. The van der Waals surface area contributed by atoms with Gasteiger partial charge >= 0.3 is 0 Å². The van der Waals surface area contributed by atoms with Gasteiger partial charge in [-0.2, -0.15) is 5.10 Å². The van der Waals surface area contributed by atoms with Crippen molar-refractivity contribution in [2.24, 2.45) is 5.73 Å². The summed E-state index contributed by atoms with van der Waals surface area (Å²) in [4.78, 5) is 18.6. The Labute approximate surface area is 131 Å². The van der Waals surface area contributed by atoms with Crippen molar-refractivity contribution in [1.82, 2.24) is 19.7 Å². The van der Waals surface area contributed by atoms with Crippen LogP contribution in [0.1, 0.15) is 21.5 Å². The van der Waals surface area contributed by atoms with Gasteiger partial charge in [-0.15, -0.1) is 0 Å². The Morgan fingerprint density at radius 2 is 2.09 bits per heavy atom. The zero-order chi connectivity index (χ0) is 16.7. The molecule has 8 heteroatoms. The number of anilines is 1. The highest BCUT2D eigenvalue weighted by Gasteiger charge is 2.24. The second kappa shape index (κ2) is 5.16. The van der Waals surface area contributed by atoms with Crippen LogP contribution in [0.5, 0.6) is 5.75 Å². The van der Waals surface area contributed by atoms with Crippen molar-refractivity contribution in [1.29, 1.82) is 0 Å². The predicted molar refractivity (Wildman–Crippen MR) is 85.2 cm³/mol. The van der Waals surface area contributed by atoms with Crippen molar-refractivity contribution in [3.05, 3.63) is 41.3 Å². The number of aromatic amines is 1. The number of imidazole rings is 1. The smallest absolute Gasteiger partial charge is 0.254 e. The van der Waals surface area contributed by atoms with Gasteiger partial charge in [0, 0.05) is 5.56 Å². The molecule has 118 valence electrons. The summed E-state index contributed by atoms with van der Waals surface area (Å²) in [6, 6.07) is 3.34. The van der Waals surface area contributed by atoms with E-state index in [-0.39, 0.29) is 17.1 Å². The first-order valence-corrected chi connectivity index (χ1v) is 6.88. The zero-order valence-electron chi connectivity index (χ0n) is 12.7. The number of nitrogens with zero attached hydrogens (tertiary/aromatic N) is 3. The first-order valence-electron chi connectivity index (χ1n) is 6.88. The molecule has 3 rings (SSSR count). The van der Waals surface area contributed by atoms with Crippen LogP contribution in [0.25, 0.3) is 17.1 Å². The number of aromatic nitrogens is 4. The standard InChI is InChI=1S/C15H16N6O2/c1-7-3-4-10(22)8(2)13(7)21-14(16)11(15(17)23)12(20-21)9-5-18-6-19-9/h3-6,22H,16H2,1-2H3,(H2,17,23)(H,18,19). The third-order valence-electron chi connectivity index (χ3n) is 3.74. The summed E-state index contributed by atoms with van der Waals surface area (Å²) in [5.74, 6) is -0.461. The molecule has 3 aromatic rings. The van der Waals surface area contributed by atoms with E-state index in [0.717, 1.165) is 5.56 Å². The number of aryl methyl sites for hydroxylation is 1. The number of nitrogen functional groups attached to an aromatic ring is 1. The Morgan fingerprint density at radius 1 is 1.35 bits per heavy atom. The van der Waals surface area contributed by atoms with Crippen molar-refractivity contribution >= 4 is 11.7 Å². The number of benzene rings is 1. The SMILES string of the molecule is Cc1ccc(O)c(C)c1-n1nc(-c2cnc[nH]2)c(C(N)=O)c1N. The lowest BCUT2D eigenvalue weighted by molar-refractivity contribution is 0.100. The van der Waals surface area contributed by atoms with Gasteiger partial charge in [-0.1, -0.05) is 6.07 Å². The van der Waals surface area contributed by atoms with E-state index in [1.807, 2.05) is 6.92 Å². The topological polar surface area (TPSA) is 136 Å². The number of nitrogens with two attached hydrogens (primary N) is 2. The molecule has 8 nitrogen and oxygen atoms in total. The number of H-pyrrole nitrogens is 1. The van der Waals surface area contributed by atoms with Crippen LogP contribution in [0.3, 0.4) is 0 Å². The van der Waals surface area contributed by atoms with Crippen molar-refractivity contribution in [2.45, 2.75) is 13.8 Å². The van der Waals surface area contributed by atoms with E-state index in [1.54, 1.807) is 19.1 Å². The molecule has 0 aliphatic heterocycles. The molecule has 1 aromatic carbocycles. The monoisotopic (exact) mass is 312 g/mol. The molecule has 0 spiro atoms. The quantitative estimate of drug-likeness (QED) is 0.577. The Bertz CT molecular complexity index is 895. The van der Waals surface area contributed by atoms with Gasteiger partial charge in [0.15, 0.2) is 0 Å². The second-order valence-corrected chi connectivity index (χ2v) is 5.23. The van der Waals surface area contributed by atoms with Gasteiger partial charge < -0.3 is 21.6 Å². The van der Waals surface area contributed by atoms with E-state index in [9.17, 15) is 9.90 Å². The molecule has 0 bridgehead atoms. The number of carbonyl (C=O) groups is 1. The molecular weight excluding hydrogens is 296 g/mol. The molecule has 0 aliphatic rings. The summed E-state index contributed by atoms with van der Waals surface area (Å²) in [5, 5.41) is 14.4. The number of nitrogens with one attached hydrogen (secondary N) is 1. The number of carbonyl (C=O) groups excluding carboxylic acids is 1. The van der Waals surface area contributed by atoms with Crippen LogP contribution in [0.4, 0.5) is 5.82 Å². The molecule has 0 unspecified atom stereocenters. The van der Waals surface area contributed by atoms with Gasteiger partial charge in [0.1, 0.15) is 22.8 Å². The summed E-state index contributed by atoms with van der Waals surface area (Å²) in [6.45, 7) is 3.61. The lowest BCUT2D eigenvalue weighted by Crippen LogP contribution is -2.14. The van der Waals surface area contributed by atoms with Crippen LogP contribution in [-0.4, -0.2) is 30.8 Å². The maximum Gasteiger partial charge on any atom is 0.254 e. The number of amides is 1. The maximum atomic E-state index is 11.8. The normalized spacial score (nSPS) is 10.9. The summed E-state index contributed by atoms with van der Waals surface area (Å²) < 4.78 is 1.42. The number of hydrogen-bond acceptors (Lipinski definition) is 5. The minimum atomic E-state index is -0.686. The van der Waals surface area contributed by atoms with Gasteiger partial charge in [-0.25, -0.2) is 9.67 Å². The van der Waals surface area contributed by atoms with Gasteiger partial charge in [-0.3, -0.25) is 4.79 Å². The fourth-order valence-corrected chi connectivity index (χ4v) is 2.57. The Balaban J connectivity index is 2.33. The molecule has 2 aromatic heterocycles. The van der Waals surface area contributed by atoms with Crippen LogP contribution < -0.4 is 11.5 Å². The van der Waals surface area contributed by atoms with Crippen LogP contribution in [0.15, 0.2) is 24.7 Å². The van der Waals surface area contributed by atoms with E-state index in [1.165, 1.54) is 17.2 Å². The molecule has 0 atom stereocenters. The number of phenolic OH excluding ortho intramolecular Hbond substituents is 1. The largest absolute Gasteiger partial charge is 0.508 e. The summed E-state index contributed by atoms with van der Waals surface area (Å²) in [6.07, 6.45) is 3.00. The highest BCUT2D eigenvalue weighted by molar-refractivity contribution is 6.03. The second-order valence-electron chi connectivity index (χ2n) is 5.23. The minimum absolute atomic E-state index is 0.108. The van der Waals surface area contributed by atoms with Gasteiger partial charge in [-0.05, 0) is 25.5 Å². The fourth-order valence-electron chi connectivity index (χ4n) is 2.57. The first-order chi connectivity index (χ1) is 10.9. The molecule has 6 N–H and O–H groups in total. The van der Waals surface area contributed by atoms with E-state index >= 15 is 0 Å². The van der Waals surface area contributed by atoms with E-state index < -0.39 is 5.91 Å². The molecule has 1 amide bonds. The van der Waals surface area contributed by atoms with E-state index in [2.05, 4.69) is 15.1 Å². The van der Waals surface area contributed by atoms with Crippen LogP contribution >= 0.6 is 0 Å². The number of aromatic hydroxyl groups is 1. The number of hydrogen-bond donors (Lipinski definition) is 4. The molecule has 0 aliphatic carbocycles.